The fourth-order valence-corrected chi connectivity index (χ4v) is 0. The normalized spacial score (nSPS) is 7.86. The van der Waals surface area contributed by atoms with E-state index in [0.29, 0.717) is 0 Å². The fraction of sp³-hybridized carbons (Fsp3) is 0.500. The zero-order valence-electron chi connectivity index (χ0n) is 6.75. The van der Waals surface area contributed by atoms with E-state index in [1.807, 2.05) is 0 Å². The van der Waals surface area contributed by atoms with Crippen LogP contribution in [0.5, 0.6) is 0 Å². The quantitative estimate of drug-likeness (QED) is 0.362. The number of alkyl halides is 4. The van der Waals surface area contributed by atoms with Gasteiger partial charge >= 0.3 is 29.6 Å². The Morgan fingerprint density at radius 2 is 0.929 bits per heavy atom. The van der Waals surface area contributed by atoms with Crippen molar-refractivity contribution < 1.29 is 79.3 Å². The summed E-state index contributed by atoms with van der Waals surface area (Å²) in [6.45, 7) is 0. The van der Waals surface area contributed by atoms with E-state index in [1.165, 1.54) is 0 Å². The molecule has 14 heavy (non-hydrogen) atoms. The fourth-order valence-electron chi connectivity index (χ4n) is 0. The van der Waals surface area contributed by atoms with Crippen LogP contribution in [0, 0.1) is 12.4 Å². The van der Waals surface area contributed by atoms with Crippen molar-refractivity contribution in [2.24, 2.45) is 0 Å². The molecule has 0 fully saturated rings. The van der Waals surface area contributed by atoms with Crippen LogP contribution in [0.1, 0.15) is 0 Å². The molecule has 0 spiro atoms. The first-order valence-electron chi connectivity index (χ1n) is 2.27. The van der Waals surface area contributed by atoms with Crippen molar-refractivity contribution in [3.05, 3.63) is 0 Å². The van der Waals surface area contributed by atoms with Gasteiger partial charge in [-0.25, -0.2) is 17.6 Å². The van der Waals surface area contributed by atoms with Gasteiger partial charge in [0.05, 0.1) is 12.4 Å². The maximum Gasteiger partial charge on any atom is 1.00 e. The molecule has 0 amide bonds. The van der Waals surface area contributed by atoms with Crippen LogP contribution in [0.4, 0.5) is 17.6 Å². The van der Waals surface area contributed by atoms with Gasteiger partial charge in [-0.1, -0.05) is 0 Å². The van der Waals surface area contributed by atoms with Gasteiger partial charge in [-0.2, -0.15) is 0 Å². The standard InChI is InChI=1S/2C2H2F2O2.ClH2.Na/c2*3-1(4)2(5)6;;/h2*1H,(H,5,6);1H2;/q;;2*+1/p-2. The topological polar surface area (TPSA) is 80.3 Å². The number of carboxylic acid groups (broad SMARTS) is 2. The number of rotatable bonds is 2. The Morgan fingerprint density at radius 3 is 0.929 bits per heavy atom. The summed E-state index contributed by atoms with van der Waals surface area (Å²) in [4.78, 5) is 17.7. The van der Waals surface area contributed by atoms with Gasteiger partial charge in [0.2, 0.25) is 0 Å². The number of halogens is 5. The molecule has 0 rings (SSSR count). The zero-order valence-corrected chi connectivity index (χ0v) is 9.64. The molecule has 0 saturated heterocycles. The van der Waals surface area contributed by atoms with Crippen molar-refractivity contribution in [1.29, 1.82) is 0 Å². The second kappa shape index (κ2) is 12.9. The van der Waals surface area contributed by atoms with Gasteiger partial charge in [-0.15, -0.1) is 0 Å². The number of hydrogen-bond donors (Lipinski definition) is 0. The molecule has 0 radical (unpaired) electrons. The molecule has 0 aliphatic rings. The number of hydrogen-bond acceptors (Lipinski definition) is 4. The number of carbonyl (C=O) groups excluding carboxylic acids is 2. The predicted octanol–water partition coefficient (Wildman–Crippen LogP) is -5.53. The molecule has 0 unspecified atom stereocenters. The Labute approximate surface area is 104 Å². The van der Waals surface area contributed by atoms with Crippen molar-refractivity contribution in [2.45, 2.75) is 12.9 Å². The monoisotopic (exact) mass is 250 g/mol. The summed E-state index contributed by atoms with van der Waals surface area (Å²) in [5.41, 5.74) is 0. The maximum absolute atomic E-state index is 10.5. The first-order valence-corrected chi connectivity index (χ1v) is 2.27. The summed E-state index contributed by atoms with van der Waals surface area (Å²) in [7, 11) is 0. The van der Waals surface area contributed by atoms with E-state index in [2.05, 4.69) is 0 Å². The summed E-state index contributed by atoms with van der Waals surface area (Å²) in [6, 6.07) is 0. The van der Waals surface area contributed by atoms with Gasteiger partial charge in [-0.3, -0.25) is 0 Å². The van der Waals surface area contributed by atoms with Crippen LogP contribution in [0.15, 0.2) is 0 Å². The Bertz CT molecular complexity index is 149. The average molecular weight is 251 g/mol. The number of carbonyl (C=O) groups is 2. The molecule has 0 bridgehead atoms. The molecule has 0 aliphatic heterocycles. The van der Waals surface area contributed by atoms with Crippen molar-refractivity contribution in [3.63, 3.8) is 0 Å². The Hall–Kier alpha value is -0.0500. The van der Waals surface area contributed by atoms with E-state index in [1.54, 1.807) is 0 Å². The molecule has 4 nitrogen and oxygen atoms in total. The number of aliphatic carboxylic acids is 2. The second-order valence-electron chi connectivity index (χ2n) is 1.24. The zero-order chi connectivity index (χ0) is 10.3. The largest absolute Gasteiger partial charge is 1.00 e. The van der Waals surface area contributed by atoms with E-state index in [-0.39, 0.29) is 42.0 Å². The predicted molar refractivity (Wildman–Crippen MR) is 24.8 cm³/mol. The maximum atomic E-state index is 10.5. The summed E-state index contributed by atoms with van der Waals surface area (Å²) in [6.07, 6.45) is -6.69. The Balaban J connectivity index is -0.0000000625. The minimum atomic E-state index is -3.34. The second-order valence-corrected chi connectivity index (χ2v) is 1.24. The molecular formula is C4H4ClF4NaO4. The van der Waals surface area contributed by atoms with Gasteiger partial charge < -0.3 is 19.8 Å². The van der Waals surface area contributed by atoms with Crippen molar-refractivity contribution >= 4 is 11.9 Å². The van der Waals surface area contributed by atoms with Gasteiger partial charge in [0.15, 0.2) is 0 Å². The Morgan fingerprint density at radius 1 is 0.857 bits per heavy atom. The molecule has 0 aromatic heterocycles. The van der Waals surface area contributed by atoms with Crippen LogP contribution in [0.2, 0.25) is 0 Å². The molecule has 80 valence electrons. The third-order valence-electron chi connectivity index (χ3n) is 0.356. The molecular weight excluding hydrogens is 246 g/mol. The van der Waals surface area contributed by atoms with Crippen LogP contribution < -0.4 is 39.8 Å². The van der Waals surface area contributed by atoms with Crippen LogP contribution >= 0.6 is 0 Å². The van der Waals surface area contributed by atoms with Crippen LogP contribution in [-0.2, 0) is 9.59 Å². The van der Waals surface area contributed by atoms with Crippen LogP contribution in [0.3, 0.4) is 0 Å². The third-order valence-corrected chi connectivity index (χ3v) is 0.356. The Kier molecular flexibility index (Phi) is 21.9. The average Bonchev–Trinajstić information content (AvgIpc) is 1.88. The summed E-state index contributed by atoms with van der Waals surface area (Å²) >= 11 is 0. The van der Waals surface area contributed by atoms with Gasteiger partial charge in [0, 0.05) is 0 Å². The van der Waals surface area contributed by atoms with Crippen molar-refractivity contribution in [1.82, 2.24) is 0 Å². The first-order chi connectivity index (χ1) is 5.29. The van der Waals surface area contributed by atoms with E-state index >= 15 is 0 Å². The molecule has 0 heterocycles. The minimum absolute atomic E-state index is 0. The molecule has 0 saturated carbocycles. The third kappa shape index (κ3) is 22.7. The molecule has 0 aromatic rings. The van der Waals surface area contributed by atoms with Crippen LogP contribution in [-0.4, -0.2) is 24.8 Å². The van der Waals surface area contributed by atoms with Gasteiger partial charge in [-0.05, 0) is 0 Å². The van der Waals surface area contributed by atoms with Gasteiger partial charge in [0.25, 0.3) is 12.9 Å². The molecule has 0 aromatic carbocycles. The molecule has 10 heteroatoms. The molecule has 0 atom stereocenters. The smallest absolute Gasteiger partial charge is 0.544 e. The summed E-state index contributed by atoms with van der Waals surface area (Å²) in [5, 5.41) is 17.7. The first kappa shape index (κ1) is 23.6. The SMILES string of the molecule is O=C([O-])C(F)F.O=C([O-])C(F)F.[ClH2+].[Na+]. The summed E-state index contributed by atoms with van der Waals surface area (Å²) < 4.78 is 42.0. The van der Waals surface area contributed by atoms with Gasteiger partial charge in [0.1, 0.15) is 11.9 Å². The van der Waals surface area contributed by atoms with Crippen molar-refractivity contribution in [3.8, 4) is 0 Å². The molecule has 0 N–H and O–H groups in total. The van der Waals surface area contributed by atoms with E-state index in [9.17, 15) is 17.6 Å². The van der Waals surface area contributed by atoms with E-state index < -0.39 is 24.8 Å². The van der Waals surface area contributed by atoms with E-state index in [4.69, 9.17) is 19.8 Å². The molecule has 0 aliphatic carbocycles. The minimum Gasteiger partial charge on any atom is -0.544 e. The van der Waals surface area contributed by atoms with Crippen LogP contribution in [0.25, 0.3) is 0 Å². The number of carboxylic acids is 2. The summed E-state index contributed by atoms with van der Waals surface area (Å²) in [5.74, 6) is -4.65. The van der Waals surface area contributed by atoms with Crippen molar-refractivity contribution in [2.75, 3.05) is 0 Å². The van der Waals surface area contributed by atoms with E-state index in [0.717, 1.165) is 0 Å².